The lowest BCUT2D eigenvalue weighted by Gasteiger charge is -2.12. The number of carbonyl (C=O) groups is 1. The van der Waals surface area contributed by atoms with Gasteiger partial charge in [-0.2, -0.15) is 0 Å². The first-order chi connectivity index (χ1) is 10.1. The number of carbonyl (C=O) groups excluding carboxylic acids is 1. The average Bonchev–Trinajstić information content (AvgIpc) is 2.48. The summed E-state index contributed by atoms with van der Waals surface area (Å²) < 4.78 is 6.72. The molecule has 0 bridgehead atoms. The molecule has 0 aliphatic rings. The van der Waals surface area contributed by atoms with Gasteiger partial charge in [0.2, 0.25) is 0 Å². The zero-order chi connectivity index (χ0) is 15.2. The average molecular weight is 286 g/mol. The van der Waals surface area contributed by atoms with Crippen molar-refractivity contribution in [3.05, 3.63) is 64.6 Å². The minimum Gasteiger partial charge on any atom is -0.463 e. The number of nitrogens with zero attached hydrogens (tertiary/aromatic N) is 1. The maximum Gasteiger partial charge on any atom is 0.313 e. The van der Waals surface area contributed by atoms with E-state index in [4.69, 9.17) is 10.5 Å². The molecule has 0 amide bonds. The number of ether oxygens (including phenoxy) is 1. The Morgan fingerprint density at radius 2 is 2.10 bits per heavy atom. The summed E-state index contributed by atoms with van der Waals surface area (Å²) in [7, 11) is 0. The number of aromatic nitrogens is 1. The first-order valence-electron chi connectivity index (χ1n) is 6.75. The van der Waals surface area contributed by atoms with E-state index in [1.807, 2.05) is 6.07 Å². The molecule has 0 radical (unpaired) electrons. The SMILES string of the molecule is CC(C(=O)OCCn1ccccc1=O)c1cccc(N)c1. The van der Waals surface area contributed by atoms with Crippen molar-refractivity contribution in [2.24, 2.45) is 0 Å². The van der Waals surface area contributed by atoms with Crippen LogP contribution in [0.1, 0.15) is 18.4 Å². The van der Waals surface area contributed by atoms with Gasteiger partial charge in [-0.15, -0.1) is 0 Å². The molecule has 0 saturated carbocycles. The first kappa shape index (κ1) is 14.8. The van der Waals surface area contributed by atoms with Gasteiger partial charge in [0.1, 0.15) is 6.61 Å². The Hall–Kier alpha value is -2.56. The molecule has 2 N–H and O–H groups in total. The van der Waals surface area contributed by atoms with Crippen LogP contribution in [0.3, 0.4) is 0 Å². The topological polar surface area (TPSA) is 74.3 Å². The molecule has 21 heavy (non-hydrogen) atoms. The van der Waals surface area contributed by atoms with Gasteiger partial charge in [-0.1, -0.05) is 18.2 Å². The number of hydrogen-bond donors (Lipinski definition) is 1. The quantitative estimate of drug-likeness (QED) is 0.671. The molecule has 1 atom stereocenters. The lowest BCUT2D eigenvalue weighted by atomic mass is 10.0. The molecule has 0 spiro atoms. The minimum absolute atomic E-state index is 0.113. The molecule has 5 heteroatoms. The second-order valence-electron chi connectivity index (χ2n) is 4.79. The van der Waals surface area contributed by atoms with E-state index < -0.39 is 0 Å². The normalized spacial score (nSPS) is 11.9. The highest BCUT2D eigenvalue weighted by Gasteiger charge is 2.16. The van der Waals surface area contributed by atoms with Crippen LogP contribution in [0.4, 0.5) is 5.69 Å². The second-order valence-corrected chi connectivity index (χ2v) is 4.79. The summed E-state index contributed by atoms with van der Waals surface area (Å²) in [6.07, 6.45) is 1.66. The Kier molecular flexibility index (Phi) is 4.77. The van der Waals surface area contributed by atoms with Crippen molar-refractivity contribution >= 4 is 11.7 Å². The summed E-state index contributed by atoms with van der Waals surface area (Å²) in [6, 6.07) is 12.1. The third-order valence-electron chi connectivity index (χ3n) is 3.24. The molecular weight excluding hydrogens is 268 g/mol. The number of pyridine rings is 1. The summed E-state index contributed by atoms with van der Waals surface area (Å²) in [6.45, 7) is 2.27. The lowest BCUT2D eigenvalue weighted by molar-refractivity contribution is -0.145. The van der Waals surface area contributed by atoms with Gasteiger partial charge in [-0.3, -0.25) is 9.59 Å². The van der Waals surface area contributed by atoms with E-state index in [0.717, 1.165) is 5.56 Å². The highest BCUT2D eigenvalue weighted by atomic mass is 16.5. The number of anilines is 1. The van der Waals surface area contributed by atoms with E-state index in [9.17, 15) is 9.59 Å². The summed E-state index contributed by atoms with van der Waals surface area (Å²) >= 11 is 0. The Morgan fingerprint density at radius 1 is 1.29 bits per heavy atom. The minimum atomic E-state index is -0.388. The van der Waals surface area contributed by atoms with Gasteiger partial charge in [0.05, 0.1) is 12.5 Å². The van der Waals surface area contributed by atoms with E-state index in [0.29, 0.717) is 12.2 Å². The Labute approximate surface area is 123 Å². The Balaban J connectivity index is 1.90. The molecule has 110 valence electrons. The number of benzene rings is 1. The fraction of sp³-hybridized carbons (Fsp3) is 0.250. The summed E-state index contributed by atoms with van der Waals surface area (Å²) in [5.41, 5.74) is 7.02. The van der Waals surface area contributed by atoms with Crippen molar-refractivity contribution in [1.29, 1.82) is 0 Å². The van der Waals surface area contributed by atoms with Crippen molar-refractivity contribution in [1.82, 2.24) is 4.57 Å². The van der Waals surface area contributed by atoms with E-state index in [2.05, 4.69) is 0 Å². The highest BCUT2D eigenvalue weighted by Crippen LogP contribution is 2.18. The van der Waals surface area contributed by atoms with Crippen molar-refractivity contribution in [2.75, 3.05) is 12.3 Å². The van der Waals surface area contributed by atoms with Crippen LogP contribution in [0.5, 0.6) is 0 Å². The van der Waals surface area contributed by atoms with Crippen LogP contribution >= 0.6 is 0 Å². The first-order valence-corrected chi connectivity index (χ1v) is 6.75. The van der Waals surface area contributed by atoms with Crippen LogP contribution in [0.25, 0.3) is 0 Å². The molecule has 2 rings (SSSR count). The van der Waals surface area contributed by atoms with Crippen molar-refractivity contribution < 1.29 is 9.53 Å². The van der Waals surface area contributed by atoms with E-state index in [1.54, 1.807) is 43.5 Å². The van der Waals surface area contributed by atoms with Gasteiger partial charge in [-0.25, -0.2) is 0 Å². The maximum absolute atomic E-state index is 12.0. The molecular formula is C16H18N2O3. The van der Waals surface area contributed by atoms with E-state index in [1.165, 1.54) is 10.6 Å². The smallest absolute Gasteiger partial charge is 0.313 e. The molecule has 0 saturated heterocycles. The second kappa shape index (κ2) is 6.74. The van der Waals surface area contributed by atoms with Crippen molar-refractivity contribution in [3.8, 4) is 0 Å². The molecule has 0 fully saturated rings. The lowest BCUT2D eigenvalue weighted by Crippen LogP contribution is -2.22. The highest BCUT2D eigenvalue weighted by molar-refractivity contribution is 5.78. The summed E-state index contributed by atoms with van der Waals surface area (Å²) in [4.78, 5) is 23.5. The molecule has 1 aromatic carbocycles. The number of nitrogen functional groups attached to an aromatic ring is 1. The zero-order valence-corrected chi connectivity index (χ0v) is 11.9. The van der Waals surface area contributed by atoms with Crippen LogP contribution in [-0.2, 0) is 16.1 Å². The molecule has 1 aromatic heterocycles. The summed E-state index contributed by atoms with van der Waals surface area (Å²) in [5, 5.41) is 0. The standard InChI is InChI=1S/C16H18N2O3/c1-12(13-5-4-6-14(17)11-13)16(20)21-10-9-18-8-3-2-7-15(18)19/h2-8,11-12H,9-10,17H2,1H3. The predicted molar refractivity (Wildman–Crippen MR) is 80.9 cm³/mol. The van der Waals surface area contributed by atoms with Crippen molar-refractivity contribution in [3.63, 3.8) is 0 Å². The molecule has 0 aliphatic heterocycles. The molecule has 0 aliphatic carbocycles. The van der Waals surface area contributed by atoms with Gasteiger partial charge in [-0.05, 0) is 30.7 Å². The molecule has 2 aromatic rings. The maximum atomic E-state index is 12.0. The van der Waals surface area contributed by atoms with Crippen LogP contribution < -0.4 is 11.3 Å². The van der Waals surface area contributed by atoms with E-state index in [-0.39, 0.29) is 24.1 Å². The zero-order valence-electron chi connectivity index (χ0n) is 11.9. The number of hydrogen-bond acceptors (Lipinski definition) is 4. The fourth-order valence-corrected chi connectivity index (χ4v) is 1.98. The Bertz CT molecular complexity index is 679. The van der Waals surface area contributed by atoms with E-state index >= 15 is 0 Å². The van der Waals surface area contributed by atoms with Gasteiger partial charge < -0.3 is 15.0 Å². The largest absolute Gasteiger partial charge is 0.463 e. The van der Waals surface area contributed by atoms with Gasteiger partial charge in [0, 0.05) is 18.0 Å². The third kappa shape index (κ3) is 3.95. The predicted octanol–water partition coefficient (Wildman–Crippen LogP) is 1.78. The van der Waals surface area contributed by atoms with Crippen molar-refractivity contribution in [2.45, 2.75) is 19.4 Å². The monoisotopic (exact) mass is 286 g/mol. The van der Waals surface area contributed by atoms with Crippen LogP contribution in [0.15, 0.2) is 53.5 Å². The van der Waals surface area contributed by atoms with Gasteiger partial charge in [0.15, 0.2) is 0 Å². The van der Waals surface area contributed by atoms with Gasteiger partial charge in [0.25, 0.3) is 5.56 Å². The fourth-order valence-electron chi connectivity index (χ4n) is 1.98. The van der Waals surface area contributed by atoms with Crippen LogP contribution in [0, 0.1) is 0 Å². The van der Waals surface area contributed by atoms with Crippen LogP contribution in [-0.4, -0.2) is 17.1 Å². The third-order valence-corrected chi connectivity index (χ3v) is 3.24. The Morgan fingerprint density at radius 3 is 2.81 bits per heavy atom. The number of esters is 1. The number of nitrogens with two attached hydrogens (primary N) is 1. The molecule has 1 unspecified atom stereocenters. The summed E-state index contributed by atoms with van der Waals surface area (Å²) in [5.74, 6) is -0.717. The van der Waals surface area contributed by atoms with Crippen LogP contribution in [0.2, 0.25) is 0 Å². The molecule has 1 heterocycles. The molecule has 5 nitrogen and oxygen atoms in total. The number of rotatable bonds is 5. The van der Waals surface area contributed by atoms with Gasteiger partial charge >= 0.3 is 5.97 Å².